The van der Waals surface area contributed by atoms with Crippen molar-refractivity contribution < 1.29 is 14.6 Å². The summed E-state index contributed by atoms with van der Waals surface area (Å²) < 4.78 is 5.30. The van der Waals surface area contributed by atoms with E-state index < -0.39 is 0 Å². The molecule has 3 heteroatoms. The predicted octanol–water partition coefficient (Wildman–Crippen LogP) is 5.46. The fourth-order valence-corrected chi connectivity index (χ4v) is 2.43. The van der Waals surface area contributed by atoms with Gasteiger partial charge in [0, 0.05) is 0 Å². The van der Waals surface area contributed by atoms with Crippen LogP contribution in [-0.2, 0) is 4.79 Å². The molecule has 0 radical (unpaired) electrons. The molecule has 0 aliphatic heterocycles. The zero-order valence-corrected chi connectivity index (χ0v) is 14.0. The van der Waals surface area contributed by atoms with Gasteiger partial charge in [-0.1, -0.05) is 65.2 Å². The Balaban J connectivity index is 2.10. The number of hydrogen-bond acceptors (Lipinski definition) is 3. The summed E-state index contributed by atoms with van der Waals surface area (Å²) in [4.78, 5) is 12.0. The third-order valence-corrected chi connectivity index (χ3v) is 3.95. The molecule has 1 aromatic rings. The lowest BCUT2D eigenvalue weighted by molar-refractivity contribution is -0.138. The maximum Gasteiger partial charge on any atom is 0.314 e. The van der Waals surface area contributed by atoms with Crippen LogP contribution in [0.4, 0.5) is 0 Å². The van der Waals surface area contributed by atoms with Crippen LogP contribution >= 0.6 is 0 Å². The van der Waals surface area contributed by atoms with Gasteiger partial charge in [0.15, 0.2) is 0 Å². The highest BCUT2D eigenvalue weighted by molar-refractivity contribution is 5.74. The number of ether oxygens (including phenoxy) is 1. The Morgan fingerprint density at radius 3 is 2.14 bits per heavy atom. The summed E-state index contributed by atoms with van der Waals surface area (Å²) in [6.07, 6.45) is 11.1. The standard InChI is InChI=1S/C19H30O3/c1-3-4-5-6-7-8-9-10-11-16(2)19(21)22-18-14-12-17(20)13-15-18/h12-16,20H,3-11H2,1-2H3. The molecule has 0 amide bonds. The fourth-order valence-electron chi connectivity index (χ4n) is 2.43. The summed E-state index contributed by atoms with van der Waals surface area (Å²) in [5.74, 6) is 0.403. The molecule has 1 atom stereocenters. The molecule has 3 nitrogen and oxygen atoms in total. The van der Waals surface area contributed by atoms with Gasteiger partial charge in [-0.15, -0.1) is 0 Å². The van der Waals surface area contributed by atoms with Crippen molar-refractivity contribution in [3.05, 3.63) is 24.3 Å². The van der Waals surface area contributed by atoms with Gasteiger partial charge in [-0.3, -0.25) is 4.79 Å². The molecular formula is C19H30O3. The van der Waals surface area contributed by atoms with Crippen molar-refractivity contribution in [2.75, 3.05) is 0 Å². The molecule has 0 bridgehead atoms. The van der Waals surface area contributed by atoms with Crippen molar-refractivity contribution in [1.82, 2.24) is 0 Å². The van der Waals surface area contributed by atoms with Crippen LogP contribution in [0.5, 0.6) is 11.5 Å². The predicted molar refractivity (Wildman–Crippen MR) is 90.1 cm³/mol. The van der Waals surface area contributed by atoms with E-state index in [1.807, 2.05) is 6.92 Å². The quantitative estimate of drug-likeness (QED) is 0.335. The second-order valence-corrected chi connectivity index (χ2v) is 6.08. The maximum atomic E-state index is 12.0. The molecule has 0 heterocycles. The first kappa shape index (κ1) is 18.5. The third-order valence-electron chi connectivity index (χ3n) is 3.95. The van der Waals surface area contributed by atoms with Gasteiger partial charge in [0.2, 0.25) is 0 Å². The van der Waals surface area contributed by atoms with Gasteiger partial charge in [-0.05, 0) is 30.7 Å². The molecule has 1 aromatic carbocycles. The highest BCUT2D eigenvalue weighted by Gasteiger charge is 2.14. The molecule has 0 aliphatic carbocycles. The zero-order chi connectivity index (χ0) is 16.2. The monoisotopic (exact) mass is 306 g/mol. The van der Waals surface area contributed by atoms with Gasteiger partial charge in [0.05, 0.1) is 5.92 Å². The number of hydrogen-bond donors (Lipinski definition) is 1. The summed E-state index contributed by atoms with van der Waals surface area (Å²) in [7, 11) is 0. The van der Waals surface area contributed by atoms with Crippen molar-refractivity contribution in [2.24, 2.45) is 5.92 Å². The Morgan fingerprint density at radius 2 is 1.55 bits per heavy atom. The number of unbranched alkanes of at least 4 members (excludes halogenated alkanes) is 7. The second kappa shape index (κ2) is 11.1. The van der Waals surface area contributed by atoms with Gasteiger partial charge in [-0.2, -0.15) is 0 Å². The lowest BCUT2D eigenvalue weighted by Gasteiger charge is -2.11. The molecule has 0 aliphatic rings. The lowest BCUT2D eigenvalue weighted by atomic mass is 10.0. The van der Waals surface area contributed by atoms with E-state index in [2.05, 4.69) is 6.92 Å². The summed E-state index contributed by atoms with van der Waals surface area (Å²) in [5.41, 5.74) is 0. The summed E-state index contributed by atoms with van der Waals surface area (Å²) >= 11 is 0. The number of phenols is 1. The van der Waals surface area contributed by atoms with E-state index in [-0.39, 0.29) is 17.6 Å². The zero-order valence-electron chi connectivity index (χ0n) is 14.0. The van der Waals surface area contributed by atoms with E-state index in [1.165, 1.54) is 57.1 Å². The number of carbonyl (C=O) groups is 1. The van der Waals surface area contributed by atoms with E-state index in [4.69, 9.17) is 4.74 Å². The van der Waals surface area contributed by atoms with Gasteiger partial charge in [0.1, 0.15) is 11.5 Å². The average molecular weight is 306 g/mol. The van der Waals surface area contributed by atoms with E-state index in [1.54, 1.807) is 12.1 Å². The Bertz CT molecular complexity index is 411. The first-order valence-electron chi connectivity index (χ1n) is 8.64. The second-order valence-electron chi connectivity index (χ2n) is 6.08. The van der Waals surface area contributed by atoms with E-state index >= 15 is 0 Å². The molecule has 124 valence electrons. The van der Waals surface area contributed by atoms with Gasteiger partial charge in [0.25, 0.3) is 0 Å². The van der Waals surface area contributed by atoms with E-state index in [0.717, 1.165) is 12.8 Å². The van der Waals surface area contributed by atoms with Crippen LogP contribution < -0.4 is 4.74 Å². The van der Waals surface area contributed by atoms with Crippen LogP contribution in [0.1, 0.15) is 71.6 Å². The largest absolute Gasteiger partial charge is 0.508 e. The van der Waals surface area contributed by atoms with Gasteiger partial charge in [-0.25, -0.2) is 0 Å². The molecule has 0 aromatic heterocycles. The highest BCUT2D eigenvalue weighted by Crippen LogP contribution is 2.19. The van der Waals surface area contributed by atoms with Crippen LogP contribution in [0.15, 0.2) is 24.3 Å². The van der Waals surface area contributed by atoms with E-state index in [9.17, 15) is 9.90 Å². The third kappa shape index (κ3) is 8.06. The van der Waals surface area contributed by atoms with Crippen molar-refractivity contribution >= 4 is 5.97 Å². The Hall–Kier alpha value is -1.51. The average Bonchev–Trinajstić information content (AvgIpc) is 2.52. The van der Waals surface area contributed by atoms with Crippen molar-refractivity contribution in [3.8, 4) is 11.5 Å². The SMILES string of the molecule is CCCCCCCCCCC(C)C(=O)Oc1ccc(O)cc1. The molecule has 0 spiro atoms. The van der Waals surface area contributed by atoms with Crippen molar-refractivity contribution in [2.45, 2.75) is 71.6 Å². The molecule has 1 rings (SSSR count). The summed E-state index contributed by atoms with van der Waals surface area (Å²) in [6, 6.07) is 6.25. The Morgan fingerprint density at radius 1 is 1.00 bits per heavy atom. The normalized spacial score (nSPS) is 12.1. The van der Waals surface area contributed by atoms with Crippen LogP contribution in [0, 0.1) is 5.92 Å². The Labute approximate surface area is 134 Å². The van der Waals surface area contributed by atoms with Crippen molar-refractivity contribution in [3.63, 3.8) is 0 Å². The number of benzene rings is 1. The minimum absolute atomic E-state index is 0.0751. The summed E-state index contributed by atoms with van der Waals surface area (Å²) in [6.45, 7) is 4.16. The molecule has 1 unspecified atom stereocenters. The Kier molecular flexibility index (Phi) is 9.36. The topological polar surface area (TPSA) is 46.5 Å². The van der Waals surface area contributed by atoms with Crippen molar-refractivity contribution in [1.29, 1.82) is 0 Å². The molecular weight excluding hydrogens is 276 g/mol. The number of carbonyl (C=O) groups excluding carboxylic acids is 1. The summed E-state index contributed by atoms with van der Waals surface area (Å²) in [5, 5.41) is 9.19. The van der Waals surface area contributed by atoms with Crippen LogP contribution in [0.25, 0.3) is 0 Å². The molecule has 0 saturated heterocycles. The van der Waals surface area contributed by atoms with E-state index in [0.29, 0.717) is 5.75 Å². The first-order valence-corrected chi connectivity index (χ1v) is 8.64. The molecule has 0 saturated carbocycles. The number of esters is 1. The molecule has 1 N–H and O–H groups in total. The van der Waals surface area contributed by atoms with Gasteiger partial charge >= 0.3 is 5.97 Å². The number of phenolic OH excluding ortho intramolecular Hbond substituents is 1. The smallest absolute Gasteiger partial charge is 0.314 e. The highest BCUT2D eigenvalue weighted by atomic mass is 16.5. The van der Waals surface area contributed by atoms with Crippen LogP contribution in [0.3, 0.4) is 0 Å². The molecule has 0 fully saturated rings. The first-order chi connectivity index (χ1) is 10.6. The minimum atomic E-state index is -0.186. The fraction of sp³-hybridized carbons (Fsp3) is 0.632. The van der Waals surface area contributed by atoms with Crippen LogP contribution in [-0.4, -0.2) is 11.1 Å². The van der Waals surface area contributed by atoms with Gasteiger partial charge < -0.3 is 9.84 Å². The molecule has 22 heavy (non-hydrogen) atoms. The van der Waals surface area contributed by atoms with Crippen LogP contribution in [0.2, 0.25) is 0 Å². The minimum Gasteiger partial charge on any atom is -0.508 e. The maximum absolute atomic E-state index is 12.0. The number of rotatable bonds is 11. The number of aromatic hydroxyl groups is 1. The lowest BCUT2D eigenvalue weighted by Crippen LogP contribution is -2.17.